The molecule has 18 atom stereocenters. The maximum atomic E-state index is 12.4. The summed E-state index contributed by atoms with van der Waals surface area (Å²) < 4.78 is 72.2. The first-order valence-corrected chi connectivity index (χ1v) is 34.9. The minimum absolute atomic E-state index is 0.0255. The molecule has 0 aromatic rings. The number of hydrogen-bond donors (Lipinski definition) is 1. The van der Waals surface area contributed by atoms with Gasteiger partial charge in [-0.2, -0.15) is 13.7 Å². The van der Waals surface area contributed by atoms with E-state index < -0.39 is 66.4 Å². The third-order valence-corrected chi connectivity index (χ3v) is 25.7. The van der Waals surface area contributed by atoms with Gasteiger partial charge in [0.15, 0.2) is 5.41 Å². The Morgan fingerprint density at radius 2 is 1.06 bits per heavy atom. The first kappa shape index (κ1) is 69.5. The highest BCUT2D eigenvalue weighted by Gasteiger charge is 2.73. The summed E-state index contributed by atoms with van der Waals surface area (Å²) in [5.41, 5.74) is -4.29. The van der Waals surface area contributed by atoms with E-state index in [1.807, 2.05) is 104 Å². The van der Waals surface area contributed by atoms with Crippen molar-refractivity contribution in [2.45, 2.75) is 279 Å². The lowest BCUT2D eigenvalue weighted by Gasteiger charge is -2.59. The van der Waals surface area contributed by atoms with Gasteiger partial charge in [-0.3, -0.25) is 42.5 Å². The lowest BCUT2D eigenvalue weighted by molar-refractivity contribution is -0.225. The van der Waals surface area contributed by atoms with Crippen molar-refractivity contribution in [3.8, 4) is 6.07 Å². The maximum absolute atomic E-state index is 12.4. The van der Waals surface area contributed by atoms with Crippen LogP contribution in [-0.4, -0.2) is 127 Å². The number of esters is 8. The van der Waals surface area contributed by atoms with Crippen LogP contribution in [-0.2, 0) is 90.6 Å². The first-order valence-electron chi connectivity index (χ1n) is 33.5. The molecule has 0 radical (unpaired) electrons. The van der Waals surface area contributed by atoms with E-state index in [2.05, 4.69) is 6.07 Å². The van der Waals surface area contributed by atoms with Crippen molar-refractivity contribution in [3.63, 3.8) is 0 Å². The molecule has 14 aliphatic rings. The smallest absolute Gasteiger partial charge is 0.327 e. The summed E-state index contributed by atoms with van der Waals surface area (Å²) in [6.07, 6.45) is 11.5. The lowest BCUT2D eigenvalue weighted by atomic mass is 9.52. The minimum Gasteiger partial charge on any atom is -0.462 e. The van der Waals surface area contributed by atoms with Crippen LogP contribution in [0.15, 0.2) is 0 Å². The fraction of sp³-hybridized carbons (Fsp3) is 0.868. The molecule has 10 bridgehead atoms. The highest BCUT2D eigenvalue weighted by atomic mass is 32.2. The third-order valence-electron chi connectivity index (χ3n) is 23.9. The Kier molecular flexibility index (Phi) is 19.1. The molecular formula is C68H101NO20S. The summed E-state index contributed by atoms with van der Waals surface area (Å²) in [6, 6.07) is 2.15. The Hall–Kier alpha value is -4.88. The molecule has 10 aliphatic carbocycles. The fourth-order valence-electron chi connectivity index (χ4n) is 16.4. The predicted molar refractivity (Wildman–Crippen MR) is 321 cm³/mol. The number of rotatable bonds is 15. The van der Waals surface area contributed by atoms with E-state index in [1.54, 1.807) is 0 Å². The summed E-state index contributed by atoms with van der Waals surface area (Å²) in [5, 5.41) is 19.6. The van der Waals surface area contributed by atoms with Crippen molar-refractivity contribution in [1.82, 2.24) is 0 Å². The average Bonchev–Trinajstić information content (AvgIpc) is 1.45. The largest absolute Gasteiger partial charge is 0.462 e. The van der Waals surface area contributed by atoms with E-state index in [4.69, 9.17) is 42.1 Å². The second-order valence-corrected chi connectivity index (χ2v) is 33.9. The molecule has 1 N–H and O–H groups in total. The van der Waals surface area contributed by atoms with Crippen molar-refractivity contribution in [2.24, 2.45) is 85.8 Å². The molecule has 4 saturated heterocycles. The molecule has 0 amide bonds. The van der Waals surface area contributed by atoms with Gasteiger partial charge in [0.1, 0.15) is 54.9 Å². The standard InChI is InChI=1S/C16H26O3.C15H19NO4.C14H20O4.C13H20O5S.C10H16O4/c1-4-14(2,3)13(17)19-16-8-11-5-12(9-16)7-15(18,6-11)10-16;1-4-14(2,3)12(17)19-10-8-5-9-11(10)20-13(18)15(9,6-8)7-16;1-4-14(2,3)13(16)18-10-7-5-8-9(6-7)12(15)17-11(8)10;1-4-13(2,3)12(14)17-10-7-5-8-9(6-7)19(15,16)18-11(8)10;1-4-10(2,3)9(12)14-7-5-8(11)13-6-7/h11-12,18H,4-10H2,1-3H3;8-11H,4-6H2,1-3H3;7-11H,4-6H2,1-3H3;7-11H,4-6H2,1-3H3;7H,4-6H2,1-3H3. The molecular weight excluding hydrogens is 1180 g/mol. The molecule has 18 unspecified atom stereocenters. The van der Waals surface area contributed by atoms with Gasteiger partial charge in [0.25, 0.3) is 10.1 Å². The number of carbonyl (C=O) groups is 8. The second-order valence-electron chi connectivity index (χ2n) is 32.1. The fourth-order valence-corrected chi connectivity index (χ4v) is 18.3. The van der Waals surface area contributed by atoms with Crippen molar-refractivity contribution in [2.75, 3.05) is 6.61 Å². The van der Waals surface area contributed by atoms with Crippen molar-refractivity contribution >= 4 is 57.9 Å². The van der Waals surface area contributed by atoms with Gasteiger partial charge in [-0.1, -0.05) is 34.6 Å². The van der Waals surface area contributed by atoms with Crippen LogP contribution in [0.1, 0.15) is 219 Å². The number of nitrogens with zero attached hydrogens (tertiary/aromatic N) is 1. The van der Waals surface area contributed by atoms with Gasteiger partial charge < -0.3 is 43.0 Å². The highest BCUT2D eigenvalue weighted by molar-refractivity contribution is 7.87. The van der Waals surface area contributed by atoms with Gasteiger partial charge in [0.2, 0.25) is 0 Å². The first-order chi connectivity index (χ1) is 41.8. The van der Waals surface area contributed by atoms with E-state index in [9.17, 15) is 57.1 Å². The molecule has 4 aliphatic heterocycles. The topological polar surface area (TPSA) is 298 Å². The normalized spacial score (nSPS) is 39.2. The summed E-state index contributed by atoms with van der Waals surface area (Å²) in [4.78, 5) is 94.7. The number of ether oxygens (including phenoxy) is 8. The van der Waals surface area contributed by atoms with Crippen LogP contribution in [0, 0.1) is 97.1 Å². The predicted octanol–water partition coefficient (Wildman–Crippen LogP) is 9.53. The van der Waals surface area contributed by atoms with Gasteiger partial charge in [-0.25, -0.2) is 0 Å². The van der Waals surface area contributed by atoms with Gasteiger partial charge in [0.05, 0.1) is 56.3 Å². The number of cyclic esters (lactones) is 1. The number of carbonyl (C=O) groups excluding carboxylic acids is 8. The number of aliphatic hydroxyl groups is 1. The third kappa shape index (κ3) is 13.1. The number of fused-ring (bicyclic) bond motifs is 3. The SMILES string of the molecule is CCC(C)(C)C(=O)OC12CC3CC(CC(O)(C3)C1)C2.CCC(C)(C)C(=O)OC1C2CC3C(=O)OC1C3C2.CCC(C)(C)C(=O)OC1C2CC3C1OC(=O)C3(C#N)C2.CCC(C)(C)C(=O)OC1C2CC3C1OS(=O)(=O)C3C2.CCC(C)(C)C(=O)OC1COC(=O)C1. The van der Waals surface area contributed by atoms with Gasteiger partial charge in [0, 0.05) is 41.9 Å². The molecule has 10 saturated carbocycles. The van der Waals surface area contributed by atoms with Crippen molar-refractivity contribution in [1.29, 1.82) is 5.26 Å². The van der Waals surface area contributed by atoms with Crippen LogP contribution in [0.4, 0.5) is 0 Å². The molecule has 0 aromatic carbocycles. The Balaban J connectivity index is 0.000000134. The Morgan fingerprint density at radius 3 is 1.54 bits per heavy atom. The zero-order chi connectivity index (χ0) is 66.4. The van der Waals surface area contributed by atoms with Gasteiger partial charge >= 0.3 is 47.8 Å². The molecule has 14 rings (SSSR count). The quantitative estimate of drug-likeness (QED) is 0.0906. The minimum atomic E-state index is -3.43. The Bertz CT molecular complexity index is 2960. The van der Waals surface area contributed by atoms with E-state index in [0.29, 0.717) is 62.2 Å². The average molecular weight is 1280 g/mol. The van der Waals surface area contributed by atoms with Crippen LogP contribution < -0.4 is 0 Å². The molecule has 0 aromatic heterocycles. The maximum Gasteiger partial charge on any atom is 0.327 e. The summed E-state index contributed by atoms with van der Waals surface area (Å²) >= 11 is 0. The zero-order valence-corrected chi connectivity index (χ0v) is 56.6. The number of nitriles is 1. The monoisotopic (exact) mass is 1280 g/mol. The Labute approximate surface area is 531 Å². The van der Waals surface area contributed by atoms with E-state index in [0.717, 1.165) is 64.2 Å². The van der Waals surface area contributed by atoms with Crippen LogP contribution in [0.25, 0.3) is 0 Å². The second kappa shape index (κ2) is 24.8. The van der Waals surface area contributed by atoms with Crippen LogP contribution in [0.2, 0.25) is 0 Å². The molecule has 504 valence electrons. The summed E-state index contributed by atoms with van der Waals surface area (Å²) in [6.45, 7) is 28.7. The van der Waals surface area contributed by atoms with E-state index in [1.165, 1.54) is 6.42 Å². The molecule has 14 fully saturated rings. The lowest BCUT2D eigenvalue weighted by Crippen LogP contribution is -2.61. The van der Waals surface area contributed by atoms with Crippen LogP contribution in [0.5, 0.6) is 0 Å². The zero-order valence-electron chi connectivity index (χ0n) is 55.8. The number of hydrogen-bond acceptors (Lipinski definition) is 21. The van der Waals surface area contributed by atoms with Crippen molar-refractivity contribution < 1.29 is 94.0 Å². The molecule has 21 nitrogen and oxygen atoms in total. The van der Waals surface area contributed by atoms with Crippen LogP contribution in [0.3, 0.4) is 0 Å². The molecule has 90 heavy (non-hydrogen) atoms. The molecule has 22 heteroatoms. The van der Waals surface area contributed by atoms with Crippen molar-refractivity contribution in [3.05, 3.63) is 0 Å². The summed E-state index contributed by atoms with van der Waals surface area (Å²) in [7, 11) is -3.43. The van der Waals surface area contributed by atoms with Gasteiger partial charge in [-0.15, -0.1) is 0 Å². The Morgan fingerprint density at radius 1 is 0.578 bits per heavy atom. The molecule has 0 spiro atoms. The molecule has 4 heterocycles. The summed E-state index contributed by atoms with van der Waals surface area (Å²) in [5.74, 6) is 0.154. The van der Waals surface area contributed by atoms with E-state index >= 15 is 0 Å². The van der Waals surface area contributed by atoms with Gasteiger partial charge in [-0.05, 0) is 184 Å². The van der Waals surface area contributed by atoms with Crippen LogP contribution >= 0.6 is 0 Å². The van der Waals surface area contributed by atoms with E-state index in [-0.39, 0.29) is 126 Å². The highest BCUT2D eigenvalue weighted by Crippen LogP contribution is 2.63.